The molecular formula is C8H16N2+2. The summed E-state index contributed by atoms with van der Waals surface area (Å²) < 4.78 is 4.57. The Kier molecular flexibility index (Phi) is 2.20. The molecule has 1 heterocycles. The lowest BCUT2D eigenvalue weighted by Gasteiger charge is -1.99. The molecule has 56 valence electrons. The number of rotatable bonds is 2. The highest BCUT2D eigenvalue weighted by molar-refractivity contribution is 6.11. The zero-order valence-electron chi connectivity index (χ0n) is 7.04. The van der Waals surface area contributed by atoms with Gasteiger partial charge in [0.2, 0.25) is 12.4 Å². The molecule has 10 heavy (non-hydrogen) atoms. The molecule has 0 aromatic rings. The van der Waals surface area contributed by atoms with Gasteiger partial charge >= 0.3 is 6.17 Å². The fourth-order valence-electron chi connectivity index (χ4n) is 1.19. The van der Waals surface area contributed by atoms with E-state index in [0.717, 1.165) is 0 Å². The van der Waals surface area contributed by atoms with Gasteiger partial charge in [-0.15, -0.1) is 0 Å². The van der Waals surface area contributed by atoms with Crippen molar-refractivity contribution in [3.05, 3.63) is 0 Å². The second kappa shape index (κ2) is 2.95. The molecule has 1 aliphatic rings. The Labute approximate surface area is 62.5 Å². The molecule has 1 unspecified atom stereocenters. The normalized spacial score (nSPS) is 24.5. The minimum absolute atomic E-state index is 0.556. The third-order valence-electron chi connectivity index (χ3n) is 2.04. The van der Waals surface area contributed by atoms with Crippen molar-refractivity contribution < 1.29 is 9.15 Å². The van der Waals surface area contributed by atoms with Crippen molar-refractivity contribution in [3.63, 3.8) is 0 Å². The molecule has 1 rings (SSSR count). The number of hydrogen-bond acceptors (Lipinski definition) is 0. The average Bonchev–Trinajstić information content (AvgIpc) is 2.20. The van der Waals surface area contributed by atoms with Crippen LogP contribution in [0.25, 0.3) is 0 Å². The predicted octanol–water partition coefficient (Wildman–Crippen LogP) is 0.552. The van der Waals surface area contributed by atoms with Crippen LogP contribution in [0.3, 0.4) is 0 Å². The lowest BCUT2D eigenvalue weighted by atomic mass is 10.4. The first kappa shape index (κ1) is 7.45. The molecule has 0 bridgehead atoms. The first-order chi connectivity index (χ1) is 4.75. The maximum atomic E-state index is 2.35. The highest BCUT2D eigenvalue weighted by Crippen LogP contribution is 1.95. The van der Waals surface area contributed by atoms with Gasteiger partial charge in [0, 0.05) is 6.42 Å². The Bertz CT molecular complexity index is 180. The largest absolute Gasteiger partial charge is 0.339 e. The molecular weight excluding hydrogens is 124 g/mol. The molecule has 0 radical (unpaired) electrons. The molecule has 0 aromatic carbocycles. The summed E-state index contributed by atoms with van der Waals surface area (Å²) >= 11 is 0. The quantitative estimate of drug-likeness (QED) is 0.494. The zero-order chi connectivity index (χ0) is 7.56. The highest BCUT2D eigenvalue weighted by Gasteiger charge is 2.26. The summed E-state index contributed by atoms with van der Waals surface area (Å²) in [6.07, 6.45) is 6.07. The Balaban J connectivity index is 2.53. The SMILES string of the molecule is CCC[N+]1=CC=[N+](C)C1C. The van der Waals surface area contributed by atoms with Crippen molar-refractivity contribution >= 4 is 12.4 Å². The van der Waals surface area contributed by atoms with Crippen LogP contribution in [0.2, 0.25) is 0 Å². The van der Waals surface area contributed by atoms with Gasteiger partial charge in [0.1, 0.15) is 13.6 Å². The minimum atomic E-state index is 0.556. The smallest absolute Gasteiger partial charge is 0.173 e. The molecule has 0 saturated heterocycles. The van der Waals surface area contributed by atoms with Crippen LogP contribution in [-0.4, -0.2) is 41.3 Å². The summed E-state index contributed by atoms with van der Waals surface area (Å²) in [5.41, 5.74) is 0. The van der Waals surface area contributed by atoms with E-state index < -0.39 is 0 Å². The molecule has 1 atom stereocenters. The summed E-state index contributed by atoms with van der Waals surface area (Å²) in [6, 6.07) is 0. The van der Waals surface area contributed by atoms with Crippen LogP contribution >= 0.6 is 0 Å². The predicted molar refractivity (Wildman–Crippen MR) is 43.2 cm³/mol. The van der Waals surface area contributed by atoms with E-state index >= 15 is 0 Å². The minimum Gasteiger partial charge on any atom is -0.173 e. The first-order valence-electron chi connectivity index (χ1n) is 3.91. The second-order valence-corrected chi connectivity index (χ2v) is 2.83. The summed E-state index contributed by atoms with van der Waals surface area (Å²) in [7, 11) is 2.11. The maximum Gasteiger partial charge on any atom is 0.339 e. The Morgan fingerprint density at radius 1 is 1.40 bits per heavy atom. The van der Waals surface area contributed by atoms with E-state index in [-0.39, 0.29) is 0 Å². The van der Waals surface area contributed by atoms with Crippen LogP contribution < -0.4 is 0 Å². The van der Waals surface area contributed by atoms with Gasteiger partial charge in [-0.05, 0) is 0 Å². The van der Waals surface area contributed by atoms with E-state index in [1.165, 1.54) is 13.0 Å². The van der Waals surface area contributed by atoms with E-state index in [1.54, 1.807) is 0 Å². The van der Waals surface area contributed by atoms with Crippen molar-refractivity contribution in [2.75, 3.05) is 13.6 Å². The van der Waals surface area contributed by atoms with E-state index in [4.69, 9.17) is 0 Å². The Morgan fingerprint density at radius 2 is 2.10 bits per heavy atom. The van der Waals surface area contributed by atoms with E-state index in [0.29, 0.717) is 6.17 Å². The van der Waals surface area contributed by atoms with Crippen molar-refractivity contribution in [1.29, 1.82) is 0 Å². The van der Waals surface area contributed by atoms with Crippen molar-refractivity contribution in [3.8, 4) is 0 Å². The third-order valence-corrected chi connectivity index (χ3v) is 2.04. The fraction of sp³-hybridized carbons (Fsp3) is 0.750. The molecule has 0 spiro atoms. The summed E-state index contributed by atoms with van der Waals surface area (Å²) in [6.45, 7) is 5.59. The van der Waals surface area contributed by atoms with Crippen molar-refractivity contribution in [2.45, 2.75) is 26.4 Å². The molecule has 0 N–H and O–H groups in total. The molecule has 0 fully saturated rings. The van der Waals surface area contributed by atoms with Crippen LogP contribution in [0.15, 0.2) is 0 Å². The Morgan fingerprint density at radius 3 is 2.50 bits per heavy atom. The number of nitrogens with zero attached hydrogens (tertiary/aromatic N) is 2. The van der Waals surface area contributed by atoms with E-state index in [2.05, 4.69) is 42.5 Å². The molecule has 2 nitrogen and oxygen atoms in total. The number of hydrogen-bond donors (Lipinski definition) is 0. The van der Waals surface area contributed by atoms with Crippen molar-refractivity contribution in [2.24, 2.45) is 0 Å². The lowest BCUT2D eigenvalue weighted by molar-refractivity contribution is -0.745. The monoisotopic (exact) mass is 140 g/mol. The fourth-order valence-corrected chi connectivity index (χ4v) is 1.19. The molecule has 2 heteroatoms. The lowest BCUT2D eigenvalue weighted by Crippen LogP contribution is -2.28. The first-order valence-corrected chi connectivity index (χ1v) is 3.91. The summed E-state index contributed by atoms with van der Waals surface area (Å²) in [5, 5.41) is 0. The van der Waals surface area contributed by atoms with Gasteiger partial charge in [0.05, 0.1) is 6.92 Å². The zero-order valence-corrected chi connectivity index (χ0v) is 7.04. The van der Waals surface area contributed by atoms with Crippen LogP contribution in [-0.2, 0) is 0 Å². The molecule has 0 amide bonds. The van der Waals surface area contributed by atoms with Crippen LogP contribution in [0.5, 0.6) is 0 Å². The molecule has 0 aromatic heterocycles. The highest BCUT2D eigenvalue weighted by atomic mass is 15.2. The van der Waals surface area contributed by atoms with E-state index in [1.807, 2.05) is 0 Å². The van der Waals surface area contributed by atoms with E-state index in [9.17, 15) is 0 Å². The van der Waals surface area contributed by atoms with Gasteiger partial charge in [-0.3, -0.25) is 0 Å². The van der Waals surface area contributed by atoms with Gasteiger partial charge in [-0.2, -0.15) is 9.15 Å². The standard InChI is InChI=1S/C8H16N2/c1-4-5-10-7-6-9(3)8(10)2/h6-8H,4-5H2,1-3H3/q+2. The van der Waals surface area contributed by atoms with Gasteiger partial charge in [0.15, 0.2) is 0 Å². The molecule has 0 aliphatic carbocycles. The molecule has 0 saturated carbocycles. The Hall–Kier alpha value is -0.660. The van der Waals surface area contributed by atoms with Gasteiger partial charge < -0.3 is 0 Å². The molecule has 1 aliphatic heterocycles. The average molecular weight is 140 g/mol. The topological polar surface area (TPSA) is 6.02 Å². The third kappa shape index (κ3) is 1.25. The van der Waals surface area contributed by atoms with Gasteiger partial charge in [-0.25, -0.2) is 0 Å². The van der Waals surface area contributed by atoms with Gasteiger partial charge in [0.25, 0.3) is 0 Å². The van der Waals surface area contributed by atoms with Gasteiger partial charge in [-0.1, -0.05) is 6.92 Å². The summed E-state index contributed by atoms with van der Waals surface area (Å²) in [4.78, 5) is 0. The second-order valence-electron chi connectivity index (χ2n) is 2.83. The summed E-state index contributed by atoms with van der Waals surface area (Å²) in [5.74, 6) is 0. The van der Waals surface area contributed by atoms with Crippen LogP contribution in [0.4, 0.5) is 0 Å². The van der Waals surface area contributed by atoms with Crippen molar-refractivity contribution in [1.82, 2.24) is 0 Å². The maximum absolute atomic E-state index is 2.35. The van der Waals surface area contributed by atoms with Crippen LogP contribution in [0.1, 0.15) is 20.3 Å². The van der Waals surface area contributed by atoms with Crippen LogP contribution in [0, 0.1) is 0 Å².